The molecule has 3 rings (SSSR count). The monoisotopic (exact) mass is 330 g/mol. The average Bonchev–Trinajstić information content (AvgIpc) is 3.02. The number of alkyl halides is 3. The number of amides is 1. The first-order chi connectivity index (χ1) is 10.3. The first kappa shape index (κ1) is 15.1. The SMILES string of the molecule is CC1CC1C(=O)Nc1nc2ccc(OCC(F)(F)F)cc2s1. The Morgan fingerprint density at radius 2 is 2.23 bits per heavy atom. The Balaban J connectivity index is 1.71. The van der Waals surface area contributed by atoms with Gasteiger partial charge in [-0.3, -0.25) is 4.79 Å². The number of carbonyl (C=O) groups excluding carboxylic acids is 1. The Kier molecular flexibility index (Phi) is 3.72. The Hall–Kier alpha value is -1.83. The van der Waals surface area contributed by atoms with Crippen LogP contribution in [0.4, 0.5) is 18.3 Å². The van der Waals surface area contributed by atoms with Crippen molar-refractivity contribution in [2.45, 2.75) is 19.5 Å². The summed E-state index contributed by atoms with van der Waals surface area (Å²) in [5.41, 5.74) is 0.614. The summed E-state index contributed by atoms with van der Waals surface area (Å²) in [6.07, 6.45) is -3.49. The number of fused-ring (bicyclic) bond motifs is 1. The van der Waals surface area contributed by atoms with Gasteiger partial charge in [0.05, 0.1) is 10.2 Å². The zero-order valence-corrected chi connectivity index (χ0v) is 12.4. The Morgan fingerprint density at radius 1 is 1.50 bits per heavy atom. The predicted octanol–water partition coefficient (Wildman–Crippen LogP) is 3.83. The van der Waals surface area contributed by atoms with E-state index in [4.69, 9.17) is 4.74 Å². The van der Waals surface area contributed by atoms with Gasteiger partial charge in [-0.15, -0.1) is 0 Å². The minimum atomic E-state index is -4.37. The molecule has 1 N–H and O–H groups in total. The van der Waals surface area contributed by atoms with Crippen LogP contribution >= 0.6 is 11.3 Å². The summed E-state index contributed by atoms with van der Waals surface area (Å²) in [5.74, 6) is 0.511. The number of benzene rings is 1. The van der Waals surface area contributed by atoms with Crippen LogP contribution < -0.4 is 10.1 Å². The fourth-order valence-corrected chi connectivity index (χ4v) is 3.00. The highest BCUT2D eigenvalue weighted by Gasteiger charge is 2.39. The molecule has 1 saturated carbocycles. The summed E-state index contributed by atoms with van der Waals surface area (Å²) in [6, 6.07) is 4.50. The topological polar surface area (TPSA) is 51.2 Å². The van der Waals surface area contributed by atoms with Gasteiger partial charge >= 0.3 is 6.18 Å². The minimum absolute atomic E-state index is 0.0395. The summed E-state index contributed by atoms with van der Waals surface area (Å²) >= 11 is 1.22. The van der Waals surface area contributed by atoms with Gasteiger partial charge in [0.2, 0.25) is 5.91 Å². The maximum absolute atomic E-state index is 12.1. The van der Waals surface area contributed by atoms with Crippen molar-refractivity contribution in [1.29, 1.82) is 0 Å². The van der Waals surface area contributed by atoms with Crippen LogP contribution in [0, 0.1) is 11.8 Å². The summed E-state index contributed by atoms with van der Waals surface area (Å²) < 4.78 is 41.8. The van der Waals surface area contributed by atoms with Crippen molar-refractivity contribution in [1.82, 2.24) is 4.98 Å². The van der Waals surface area contributed by atoms with E-state index in [2.05, 4.69) is 10.3 Å². The molecular formula is C14H13F3N2O2S. The van der Waals surface area contributed by atoms with Crippen LogP contribution in [0.1, 0.15) is 13.3 Å². The summed E-state index contributed by atoms with van der Waals surface area (Å²) in [5, 5.41) is 3.20. The third-order valence-corrected chi connectivity index (χ3v) is 4.37. The Morgan fingerprint density at radius 3 is 2.86 bits per heavy atom. The zero-order valence-electron chi connectivity index (χ0n) is 11.6. The molecule has 0 bridgehead atoms. The molecule has 1 heterocycles. The van der Waals surface area contributed by atoms with Gasteiger partial charge in [0.15, 0.2) is 11.7 Å². The van der Waals surface area contributed by atoms with E-state index in [1.165, 1.54) is 23.5 Å². The molecule has 0 aliphatic heterocycles. The lowest BCUT2D eigenvalue weighted by Gasteiger charge is -2.08. The summed E-state index contributed by atoms with van der Waals surface area (Å²) in [4.78, 5) is 16.1. The van der Waals surface area contributed by atoms with Crippen LogP contribution in [-0.4, -0.2) is 23.7 Å². The molecule has 0 saturated heterocycles. The molecule has 118 valence electrons. The van der Waals surface area contributed by atoms with Crippen molar-refractivity contribution in [3.63, 3.8) is 0 Å². The molecule has 4 nitrogen and oxygen atoms in total. The molecule has 2 atom stereocenters. The number of hydrogen-bond acceptors (Lipinski definition) is 4. The van der Waals surface area contributed by atoms with Crippen LogP contribution in [0.2, 0.25) is 0 Å². The van der Waals surface area contributed by atoms with Gasteiger partial charge < -0.3 is 10.1 Å². The second-order valence-electron chi connectivity index (χ2n) is 5.36. The number of nitrogens with zero attached hydrogens (tertiary/aromatic N) is 1. The molecule has 1 aromatic heterocycles. The summed E-state index contributed by atoms with van der Waals surface area (Å²) in [6.45, 7) is 0.674. The first-order valence-corrected chi connectivity index (χ1v) is 7.54. The van der Waals surface area contributed by atoms with Gasteiger partial charge in [0.1, 0.15) is 5.75 Å². The van der Waals surface area contributed by atoms with E-state index in [0.29, 0.717) is 21.3 Å². The normalized spacial score (nSPS) is 20.9. The smallest absolute Gasteiger partial charge is 0.422 e. The molecule has 2 unspecified atom stereocenters. The standard InChI is InChI=1S/C14H13F3N2O2S/c1-7-4-9(7)12(20)19-13-18-10-3-2-8(5-11(10)22-13)21-6-14(15,16)17/h2-3,5,7,9H,4,6H2,1H3,(H,18,19,20). The largest absolute Gasteiger partial charge is 0.484 e. The van der Waals surface area contributed by atoms with E-state index in [-0.39, 0.29) is 17.6 Å². The zero-order chi connectivity index (χ0) is 15.9. The van der Waals surface area contributed by atoms with Gasteiger partial charge in [0.25, 0.3) is 0 Å². The number of carbonyl (C=O) groups is 1. The highest BCUT2D eigenvalue weighted by Crippen LogP contribution is 2.39. The van der Waals surface area contributed by atoms with Crippen molar-refractivity contribution in [2.24, 2.45) is 11.8 Å². The fraction of sp³-hybridized carbons (Fsp3) is 0.429. The van der Waals surface area contributed by atoms with E-state index in [0.717, 1.165) is 6.42 Å². The number of hydrogen-bond donors (Lipinski definition) is 1. The Labute approximate surface area is 128 Å². The molecule has 1 aliphatic rings. The van der Waals surface area contributed by atoms with Crippen LogP contribution in [0.5, 0.6) is 5.75 Å². The van der Waals surface area contributed by atoms with Gasteiger partial charge in [-0.05, 0) is 30.5 Å². The highest BCUT2D eigenvalue weighted by molar-refractivity contribution is 7.22. The van der Waals surface area contributed by atoms with E-state index >= 15 is 0 Å². The number of thiazole rings is 1. The van der Waals surface area contributed by atoms with Crippen molar-refractivity contribution < 1.29 is 22.7 Å². The van der Waals surface area contributed by atoms with Crippen LogP contribution in [0.25, 0.3) is 10.2 Å². The van der Waals surface area contributed by atoms with Crippen molar-refractivity contribution in [2.75, 3.05) is 11.9 Å². The quantitative estimate of drug-likeness (QED) is 0.927. The minimum Gasteiger partial charge on any atom is -0.484 e. The molecule has 0 spiro atoms. The van der Waals surface area contributed by atoms with Gasteiger partial charge in [0, 0.05) is 5.92 Å². The van der Waals surface area contributed by atoms with Crippen LogP contribution in [0.3, 0.4) is 0 Å². The summed E-state index contributed by atoms with van der Waals surface area (Å²) in [7, 11) is 0. The predicted molar refractivity (Wildman–Crippen MR) is 77.1 cm³/mol. The fourth-order valence-electron chi connectivity index (χ4n) is 2.10. The van der Waals surface area contributed by atoms with Gasteiger partial charge in [-0.1, -0.05) is 18.3 Å². The number of anilines is 1. The maximum atomic E-state index is 12.1. The average molecular weight is 330 g/mol. The van der Waals surface area contributed by atoms with Crippen molar-refractivity contribution in [3.05, 3.63) is 18.2 Å². The number of rotatable bonds is 4. The van der Waals surface area contributed by atoms with Crippen LogP contribution in [-0.2, 0) is 4.79 Å². The molecule has 8 heteroatoms. The highest BCUT2D eigenvalue weighted by atomic mass is 32.1. The molecule has 2 aromatic rings. The molecule has 22 heavy (non-hydrogen) atoms. The van der Waals surface area contributed by atoms with Gasteiger partial charge in [-0.25, -0.2) is 4.98 Å². The molecule has 1 fully saturated rings. The Bertz CT molecular complexity index is 714. The third kappa shape index (κ3) is 3.49. The lowest BCUT2D eigenvalue weighted by Crippen LogP contribution is -2.19. The first-order valence-electron chi connectivity index (χ1n) is 6.73. The molecule has 1 amide bonds. The molecule has 1 aromatic carbocycles. The van der Waals surface area contributed by atoms with Crippen LogP contribution in [0.15, 0.2) is 18.2 Å². The number of ether oxygens (including phenoxy) is 1. The van der Waals surface area contributed by atoms with E-state index in [1.807, 2.05) is 6.92 Å². The second-order valence-corrected chi connectivity index (χ2v) is 6.39. The molecular weight excluding hydrogens is 317 g/mol. The van der Waals surface area contributed by atoms with Gasteiger partial charge in [-0.2, -0.15) is 13.2 Å². The van der Waals surface area contributed by atoms with E-state index in [9.17, 15) is 18.0 Å². The number of aromatic nitrogens is 1. The third-order valence-electron chi connectivity index (χ3n) is 3.44. The van der Waals surface area contributed by atoms with Crippen molar-refractivity contribution >= 4 is 32.6 Å². The lowest BCUT2D eigenvalue weighted by atomic mass is 10.3. The second kappa shape index (κ2) is 5.42. The van der Waals surface area contributed by atoms with E-state index < -0.39 is 12.8 Å². The van der Waals surface area contributed by atoms with E-state index in [1.54, 1.807) is 6.07 Å². The number of nitrogens with one attached hydrogen (secondary N) is 1. The van der Waals surface area contributed by atoms with Crippen molar-refractivity contribution in [3.8, 4) is 5.75 Å². The number of halogens is 3. The molecule has 1 aliphatic carbocycles. The maximum Gasteiger partial charge on any atom is 0.422 e. The molecule has 0 radical (unpaired) electrons. The lowest BCUT2D eigenvalue weighted by molar-refractivity contribution is -0.153.